The predicted octanol–water partition coefficient (Wildman–Crippen LogP) is 3.62. The van der Waals surface area contributed by atoms with Crippen molar-refractivity contribution >= 4 is 5.91 Å². The lowest BCUT2D eigenvalue weighted by molar-refractivity contribution is -0.136. The van der Waals surface area contributed by atoms with Gasteiger partial charge in [0.25, 0.3) is 0 Å². The van der Waals surface area contributed by atoms with Crippen molar-refractivity contribution in [2.45, 2.75) is 69.9 Å². The molecule has 3 nitrogen and oxygen atoms in total. The summed E-state index contributed by atoms with van der Waals surface area (Å²) in [7, 11) is 0. The number of rotatable bonds is 6. The van der Waals surface area contributed by atoms with E-state index >= 15 is 0 Å². The fourth-order valence-corrected chi connectivity index (χ4v) is 4.59. The van der Waals surface area contributed by atoms with Gasteiger partial charge in [0.1, 0.15) is 0 Å². The van der Waals surface area contributed by atoms with Crippen molar-refractivity contribution in [2.75, 3.05) is 13.1 Å². The Morgan fingerprint density at radius 2 is 1.96 bits per heavy atom. The van der Waals surface area contributed by atoms with Gasteiger partial charge in [0.05, 0.1) is 0 Å². The third-order valence-corrected chi connectivity index (χ3v) is 6.29. The van der Waals surface area contributed by atoms with Gasteiger partial charge in [0, 0.05) is 18.5 Å². The molecule has 1 aromatic carbocycles. The van der Waals surface area contributed by atoms with Crippen LogP contribution in [0.25, 0.3) is 0 Å². The molecule has 3 fully saturated rings. The number of carbonyl (C=O) groups excluding carboxylic acids is 1. The van der Waals surface area contributed by atoms with Crippen LogP contribution in [0.4, 0.5) is 0 Å². The van der Waals surface area contributed by atoms with Crippen LogP contribution >= 0.6 is 0 Å². The zero-order valence-corrected chi connectivity index (χ0v) is 14.8. The summed E-state index contributed by atoms with van der Waals surface area (Å²) in [6.45, 7) is 4.45. The van der Waals surface area contributed by atoms with Crippen molar-refractivity contribution < 1.29 is 4.79 Å². The molecule has 3 aliphatic rings. The quantitative estimate of drug-likeness (QED) is 0.866. The van der Waals surface area contributed by atoms with Crippen LogP contribution in [0.1, 0.15) is 62.0 Å². The number of amides is 1. The van der Waals surface area contributed by atoms with Crippen LogP contribution in [0.5, 0.6) is 0 Å². The van der Waals surface area contributed by atoms with Gasteiger partial charge in [-0.2, -0.15) is 0 Å². The molecule has 4 rings (SSSR count). The van der Waals surface area contributed by atoms with Crippen molar-refractivity contribution in [3.8, 4) is 0 Å². The SMILES string of the molecule is Cc1ccccc1C1CC(N(C(=O)CCC2CCNC2)C2CC2)C1. The molecule has 1 amide bonds. The number of hydrogen-bond donors (Lipinski definition) is 1. The third kappa shape index (κ3) is 3.37. The third-order valence-electron chi connectivity index (χ3n) is 6.29. The van der Waals surface area contributed by atoms with Crippen LogP contribution in [0, 0.1) is 12.8 Å². The van der Waals surface area contributed by atoms with Crippen molar-refractivity contribution in [1.29, 1.82) is 0 Å². The van der Waals surface area contributed by atoms with E-state index in [1.807, 2.05) is 0 Å². The molecule has 2 saturated carbocycles. The van der Waals surface area contributed by atoms with Crippen LogP contribution in [0.3, 0.4) is 0 Å². The maximum Gasteiger partial charge on any atom is 0.223 e. The van der Waals surface area contributed by atoms with E-state index in [4.69, 9.17) is 0 Å². The Morgan fingerprint density at radius 3 is 2.62 bits per heavy atom. The van der Waals surface area contributed by atoms with Gasteiger partial charge < -0.3 is 10.2 Å². The van der Waals surface area contributed by atoms with Crippen molar-refractivity contribution in [3.63, 3.8) is 0 Å². The first kappa shape index (κ1) is 16.1. The van der Waals surface area contributed by atoms with Crippen LogP contribution in [0.15, 0.2) is 24.3 Å². The summed E-state index contributed by atoms with van der Waals surface area (Å²) in [4.78, 5) is 15.1. The summed E-state index contributed by atoms with van der Waals surface area (Å²) in [6, 6.07) is 9.80. The number of benzene rings is 1. The van der Waals surface area contributed by atoms with Crippen molar-refractivity contribution in [3.05, 3.63) is 35.4 Å². The highest BCUT2D eigenvalue weighted by atomic mass is 16.2. The van der Waals surface area contributed by atoms with E-state index in [0.29, 0.717) is 23.9 Å². The average Bonchev–Trinajstić information content (AvgIpc) is 3.23. The zero-order valence-electron chi connectivity index (χ0n) is 14.8. The highest BCUT2D eigenvalue weighted by molar-refractivity contribution is 5.77. The van der Waals surface area contributed by atoms with E-state index in [1.165, 1.54) is 30.4 Å². The molecule has 1 saturated heterocycles. The number of nitrogens with one attached hydrogen (secondary N) is 1. The second-order valence-electron chi connectivity index (χ2n) is 8.11. The van der Waals surface area contributed by atoms with Gasteiger partial charge in [-0.25, -0.2) is 0 Å². The maximum absolute atomic E-state index is 12.8. The van der Waals surface area contributed by atoms with E-state index < -0.39 is 0 Å². The van der Waals surface area contributed by atoms with Crippen LogP contribution < -0.4 is 5.32 Å². The van der Waals surface area contributed by atoms with Gasteiger partial charge in [-0.3, -0.25) is 4.79 Å². The summed E-state index contributed by atoms with van der Waals surface area (Å²) in [5.74, 6) is 1.80. The van der Waals surface area contributed by atoms with Crippen LogP contribution in [0.2, 0.25) is 0 Å². The zero-order chi connectivity index (χ0) is 16.5. The topological polar surface area (TPSA) is 32.3 Å². The van der Waals surface area contributed by atoms with Gasteiger partial charge in [-0.15, -0.1) is 0 Å². The minimum atomic E-state index is 0.428. The summed E-state index contributed by atoms with van der Waals surface area (Å²) in [6.07, 6.45) is 7.85. The highest BCUT2D eigenvalue weighted by Gasteiger charge is 2.43. The Bertz CT molecular complexity index is 583. The normalized spacial score (nSPS) is 29.3. The summed E-state index contributed by atoms with van der Waals surface area (Å²) in [5, 5.41) is 3.41. The van der Waals surface area contributed by atoms with Crippen molar-refractivity contribution in [2.24, 2.45) is 5.92 Å². The lowest BCUT2D eigenvalue weighted by Crippen LogP contribution is -2.48. The Labute approximate surface area is 145 Å². The second-order valence-corrected chi connectivity index (χ2v) is 8.11. The first-order valence-corrected chi connectivity index (χ1v) is 9.80. The number of carbonyl (C=O) groups is 1. The van der Waals surface area contributed by atoms with Gasteiger partial charge in [-0.1, -0.05) is 24.3 Å². The maximum atomic E-state index is 12.8. The molecule has 0 bridgehead atoms. The summed E-state index contributed by atoms with van der Waals surface area (Å²) < 4.78 is 0. The van der Waals surface area contributed by atoms with E-state index in [-0.39, 0.29) is 0 Å². The first-order valence-electron chi connectivity index (χ1n) is 9.80. The van der Waals surface area contributed by atoms with Crippen molar-refractivity contribution in [1.82, 2.24) is 10.2 Å². The predicted molar refractivity (Wildman–Crippen MR) is 97.0 cm³/mol. The van der Waals surface area contributed by atoms with Crippen LogP contribution in [-0.2, 0) is 4.79 Å². The molecule has 0 spiro atoms. The monoisotopic (exact) mass is 326 g/mol. The Kier molecular flexibility index (Phi) is 4.62. The van der Waals surface area contributed by atoms with E-state index in [0.717, 1.165) is 44.7 Å². The fraction of sp³-hybridized carbons (Fsp3) is 0.667. The van der Waals surface area contributed by atoms with Crippen LogP contribution in [-0.4, -0.2) is 36.0 Å². The van der Waals surface area contributed by atoms with Gasteiger partial charge in [0.15, 0.2) is 0 Å². The standard InChI is InChI=1S/C21H30N2O/c1-15-4-2-3-5-20(15)17-12-19(13-17)23(18-7-8-18)21(24)9-6-16-10-11-22-14-16/h2-5,16-19,22H,6-14H2,1H3. The van der Waals surface area contributed by atoms with E-state index in [1.54, 1.807) is 0 Å². The molecule has 1 aliphatic heterocycles. The Morgan fingerprint density at radius 1 is 1.17 bits per heavy atom. The molecule has 24 heavy (non-hydrogen) atoms. The lowest BCUT2D eigenvalue weighted by Gasteiger charge is -2.44. The largest absolute Gasteiger partial charge is 0.337 e. The second kappa shape index (κ2) is 6.87. The van der Waals surface area contributed by atoms with Gasteiger partial charge in [0.2, 0.25) is 5.91 Å². The highest BCUT2D eigenvalue weighted by Crippen LogP contribution is 2.44. The number of aryl methyl sites for hydroxylation is 1. The minimum absolute atomic E-state index is 0.428. The molecular formula is C21H30N2O. The van der Waals surface area contributed by atoms with E-state index in [9.17, 15) is 4.79 Å². The number of hydrogen-bond acceptors (Lipinski definition) is 2. The molecule has 1 aromatic rings. The molecule has 1 N–H and O–H groups in total. The molecule has 3 heteroatoms. The van der Waals surface area contributed by atoms with E-state index in [2.05, 4.69) is 41.4 Å². The van der Waals surface area contributed by atoms with Gasteiger partial charge >= 0.3 is 0 Å². The number of nitrogens with zero attached hydrogens (tertiary/aromatic N) is 1. The molecule has 1 unspecified atom stereocenters. The smallest absolute Gasteiger partial charge is 0.223 e. The molecule has 0 aromatic heterocycles. The molecule has 2 aliphatic carbocycles. The average molecular weight is 326 g/mol. The lowest BCUT2D eigenvalue weighted by atomic mass is 9.73. The Hall–Kier alpha value is -1.35. The molecular weight excluding hydrogens is 296 g/mol. The molecule has 0 radical (unpaired) electrons. The summed E-state index contributed by atoms with van der Waals surface area (Å²) >= 11 is 0. The Balaban J connectivity index is 1.33. The fourth-order valence-electron chi connectivity index (χ4n) is 4.59. The summed E-state index contributed by atoms with van der Waals surface area (Å²) in [5.41, 5.74) is 2.90. The molecule has 130 valence electrons. The molecule has 1 heterocycles. The minimum Gasteiger partial charge on any atom is -0.337 e. The molecule has 1 atom stereocenters. The van der Waals surface area contributed by atoms with Gasteiger partial charge in [-0.05, 0) is 81.5 Å². The first-order chi connectivity index (χ1) is 11.7.